The molecule has 23 heavy (non-hydrogen) atoms. The molecule has 3 N–H and O–H groups in total. The van der Waals surface area contributed by atoms with Crippen LogP contribution in [0.15, 0.2) is 30.3 Å². The molecule has 2 aromatic rings. The van der Waals surface area contributed by atoms with E-state index in [2.05, 4.69) is 5.32 Å². The number of carbonyl (C=O) groups excluding carboxylic acids is 1. The van der Waals surface area contributed by atoms with Crippen molar-refractivity contribution in [2.45, 2.75) is 6.18 Å². The summed E-state index contributed by atoms with van der Waals surface area (Å²) in [6, 6.07) is 5.00. The highest BCUT2D eigenvalue weighted by Crippen LogP contribution is 2.42. The molecule has 2 rings (SSSR count). The fraction of sp³-hybridized carbons (Fsp3) is 0.133. The minimum absolute atomic E-state index is 0.104. The molecule has 8 heteroatoms. The van der Waals surface area contributed by atoms with Crippen LogP contribution < -0.4 is 11.1 Å². The van der Waals surface area contributed by atoms with Crippen molar-refractivity contribution in [2.75, 3.05) is 12.8 Å². The number of hydrogen-bond donors (Lipinski definition) is 2. The molecule has 2 aromatic carbocycles. The van der Waals surface area contributed by atoms with E-state index in [1.807, 2.05) is 0 Å². The van der Waals surface area contributed by atoms with Gasteiger partial charge in [0.1, 0.15) is 5.82 Å². The predicted molar refractivity (Wildman–Crippen MR) is 79.7 cm³/mol. The van der Waals surface area contributed by atoms with Gasteiger partial charge in [0.2, 0.25) is 0 Å². The highest BCUT2D eigenvalue weighted by molar-refractivity contribution is 6.33. The Hall–Kier alpha value is -2.28. The molecule has 0 aromatic heterocycles. The van der Waals surface area contributed by atoms with Gasteiger partial charge in [-0.3, -0.25) is 4.79 Å². The molecule has 0 aliphatic rings. The van der Waals surface area contributed by atoms with Gasteiger partial charge in [0.25, 0.3) is 5.91 Å². The SMILES string of the molecule is CNC(=O)c1ccc(-c2c(Cl)cc(N)cc2C(F)(F)F)cc1F. The highest BCUT2D eigenvalue weighted by atomic mass is 35.5. The third-order valence-electron chi connectivity index (χ3n) is 3.15. The number of hydrogen-bond acceptors (Lipinski definition) is 2. The van der Waals surface area contributed by atoms with Crippen LogP contribution in [0.1, 0.15) is 15.9 Å². The minimum Gasteiger partial charge on any atom is -0.399 e. The molecule has 0 saturated heterocycles. The van der Waals surface area contributed by atoms with Gasteiger partial charge in [0, 0.05) is 18.3 Å². The normalized spacial score (nSPS) is 11.4. The maximum atomic E-state index is 14.0. The first kappa shape index (κ1) is 17.1. The third-order valence-corrected chi connectivity index (χ3v) is 3.45. The van der Waals surface area contributed by atoms with Crippen molar-refractivity contribution in [3.8, 4) is 11.1 Å². The molecule has 0 unspecified atom stereocenters. The van der Waals surface area contributed by atoms with Gasteiger partial charge < -0.3 is 11.1 Å². The monoisotopic (exact) mass is 346 g/mol. The van der Waals surface area contributed by atoms with Crippen LogP contribution in [0.2, 0.25) is 5.02 Å². The molecule has 0 fully saturated rings. The van der Waals surface area contributed by atoms with Gasteiger partial charge >= 0.3 is 6.18 Å². The maximum absolute atomic E-state index is 14.0. The summed E-state index contributed by atoms with van der Waals surface area (Å²) in [4.78, 5) is 11.4. The molecule has 0 atom stereocenters. The van der Waals surface area contributed by atoms with Crippen LogP contribution in [0.25, 0.3) is 11.1 Å². The Labute approximate surface area is 134 Å². The lowest BCUT2D eigenvalue weighted by Crippen LogP contribution is -2.19. The molecule has 3 nitrogen and oxygen atoms in total. The summed E-state index contributed by atoms with van der Waals surface area (Å²) >= 11 is 5.88. The number of halogens is 5. The largest absolute Gasteiger partial charge is 0.417 e. The number of nitrogens with one attached hydrogen (secondary N) is 1. The van der Waals surface area contributed by atoms with Gasteiger partial charge in [-0.05, 0) is 29.8 Å². The van der Waals surface area contributed by atoms with Crippen LogP contribution >= 0.6 is 11.6 Å². The van der Waals surface area contributed by atoms with Gasteiger partial charge in [-0.1, -0.05) is 17.7 Å². The summed E-state index contributed by atoms with van der Waals surface area (Å²) in [5.74, 6) is -1.64. The first-order valence-corrected chi connectivity index (χ1v) is 6.71. The van der Waals surface area contributed by atoms with E-state index >= 15 is 0 Å². The maximum Gasteiger partial charge on any atom is 0.417 e. The van der Waals surface area contributed by atoms with E-state index in [4.69, 9.17) is 17.3 Å². The van der Waals surface area contributed by atoms with Crippen molar-refractivity contribution in [2.24, 2.45) is 0 Å². The Morgan fingerprint density at radius 3 is 2.39 bits per heavy atom. The van der Waals surface area contributed by atoms with E-state index in [0.29, 0.717) is 0 Å². The van der Waals surface area contributed by atoms with E-state index in [9.17, 15) is 22.4 Å². The predicted octanol–water partition coefficient (Wildman–Crippen LogP) is 4.11. The molecular weight excluding hydrogens is 336 g/mol. The zero-order valence-electron chi connectivity index (χ0n) is 11.8. The standard InChI is InChI=1S/C15H11ClF4N2O/c1-22-14(23)9-3-2-7(4-12(9)17)13-10(15(18,19)20)5-8(21)6-11(13)16/h2-6H,21H2,1H3,(H,22,23). The summed E-state index contributed by atoms with van der Waals surface area (Å²) in [5.41, 5.74) is 3.39. The first-order chi connectivity index (χ1) is 10.6. The van der Waals surface area contributed by atoms with Crippen LogP contribution in [-0.2, 0) is 6.18 Å². The van der Waals surface area contributed by atoms with Crippen molar-refractivity contribution < 1.29 is 22.4 Å². The first-order valence-electron chi connectivity index (χ1n) is 6.33. The molecule has 0 heterocycles. The van der Waals surface area contributed by atoms with Gasteiger partial charge in [0.05, 0.1) is 16.1 Å². The third kappa shape index (κ3) is 3.39. The topological polar surface area (TPSA) is 55.1 Å². The van der Waals surface area contributed by atoms with Gasteiger partial charge in [0.15, 0.2) is 0 Å². The second-order valence-electron chi connectivity index (χ2n) is 4.70. The van der Waals surface area contributed by atoms with Crippen LogP contribution in [0, 0.1) is 5.82 Å². The number of amides is 1. The van der Waals surface area contributed by atoms with Crippen LogP contribution in [0.4, 0.5) is 23.2 Å². The van der Waals surface area contributed by atoms with Crippen molar-refractivity contribution >= 4 is 23.2 Å². The zero-order valence-corrected chi connectivity index (χ0v) is 12.5. The average molecular weight is 347 g/mol. The molecule has 1 amide bonds. The molecule has 0 aliphatic heterocycles. The second kappa shape index (κ2) is 6.08. The molecule has 0 saturated carbocycles. The zero-order chi connectivity index (χ0) is 17.4. The average Bonchev–Trinajstić information content (AvgIpc) is 2.44. The number of nitrogens with two attached hydrogens (primary N) is 1. The fourth-order valence-corrected chi connectivity index (χ4v) is 2.47. The molecule has 0 bridgehead atoms. The summed E-state index contributed by atoms with van der Waals surface area (Å²) < 4.78 is 53.6. The fourth-order valence-electron chi connectivity index (χ4n) is 2.13. The smallest absolute Gasteiger partial charge is 0.399 e. The van der Waals surface area contributed by atoms with E-state index in [0.717, 1.165) is 24.3 Å². The Morgan fingerprint density at radius 1 is 1.22 bits per heavy atom. The number of alkyl halides is 3. The number of carbonyl (C=O) groups is 1. The Balaban J connectivity index is 2.68. The Morgan fingerprint density at radius 2 is 1.87 bits per heavy atom. The summed E-state index contributed by atoms with van der Waals surface area (Å²) in [7, 11) is 1.31. The number of anilines is 1. The van der Waals surface area contributed by atoms with Crippen LogP contribution in [0.5, 0.6) is 0 Å². The van der Waals surface area contributed by atoms with E-state index in [-0.39, 0.29) is 21.8 Å². The minimum atomic E-state index is -4.72. The van der Waals surface area contributed by atoms with E-state index in [1.165, 1.54) is 13.1 Å². The molecule has 0 radical (unpaired) electrons. The van der Waals surface area contributed by atoms with E-state index < -0.39 is 29.0 Å². The van der Waals surface area contributed by atoms with Crippen molar-refractivity contribution in [1.29, 1.82) is 0 Å². The summed E-state index contributed by atoms with van der Waals surface area (Å²) in [6.07, 6.45) is -4.72. The van der Waals surface area contributed by atoms with E-state index in [1.54, 1.807) is 0 Å². The molecule has 122 valence electrons. The Bertz CT molecular complexity index is 775. The van der Waals surface area contributed by atoms with Gasteiger partial charge in [-0.2, -0.15) is 13.2 Å². The Kier molecular flexibility index (Phi) is 4.51. The molecular formula is C15H11ClF4N2O. The quantitative estimate of drug-likeness (QED) is 0.635. The summed E-state index contributed by atoms with van der Waals surface area (Å²) in [5, 5.41) is 1.97. The lowest BCUT2D eigenvalue weighted by molar-refractivity contribution is -0.137. The number of benzene rings is 2. The van der Waals surface area contributed by atoms with Crippen molar-refractivity contribution in [3.63, 3.8) is 0 Å². The lowest BCUT2D eigenvalue weighted by atomic mass is 9.97. The molecule has 0 spiro atoms. The van der Waals surface area contributed by atoms with Gasteiger partial charge in [-0.25, -0.2) is 4.39 Å². The van der Waals surface area contributed by atoms with Crippen molar-refractivity contribution in [1.82, 2.24) is 5.32 Å². The number of nitrogen functional groups attached to an aromatic ring is 1. The molecule has 0 aliphatic carbocycles. The summed E-state index contributed by atoms with van der Waals surface area (Å²) in [6.45, 7) is 0. The number of rotatable bonds is 2. The lowest BCUT2D eigenvalue weighted by Gasteiger charge is -2.16. The van der Waals surface area contributed by atoms with Crippen LogP contribution in [0.3, 0.4) is 0 Å². The van der Waals surface area contributed by atoms with Crippen LogP contribution in [-0.4, -0.2) is 13.0 Å². The second-order valence-corrected chi connectivity index (χ2v) is 5.10. The highest BCUT2D eigenvalue weighted by Gasteiger charge is 2.35. The van der Waals surface area contributed by atoms with Crippen molar-refractivity contribution in [3.05, 3.63) is 52.3 Å². The van der Waals surface area contributed by atoms with Gasteiger partial charge in [-0.15, -0.1) is 0 Å².